The first kappa shape index (κ1) is 18.4. The molecule has 2 heterocycles. The quantitative estimate of drug-likeness (QED) is 0.695. The van der Waals surface area contributed by atoms with E-state index in [1.165, 1.54) is 12.0 Å². The zero-order valence-corrected chi connectivity index (χ0v) is 17.2. The number of fused-ring (bicyclic) bond motifs is 2. The molecule has 0 amide bonds. The van der Waals surface area contributed by atoms with E-state index in [4.69, 9.17) is 4.99 Å². The van der Waals surface area contributed by atoms with E-state index in [-0.39, 0.29) is 23.1 Å². The summed E-state index contributed by atoms with van der Waals surface area (Å²) < 4.78 is 0. The van der Waals surface area contributed by atoms with E-state index in [0.717, 1.165) is 41.9 Å². The number of phenolic OH excluding ortho intramolecular Hbond substituents is 1. The summed E-state index contributed by atoms with van der Waals surface area (Å²) in [5.74, 6) is 0.803. The predicted octanol–water partition coefficient (Wildman–Crippen LogP) is 5.20. The lowest BCUT2D eigenvalue weighted by molar-refractivity contribution is -0.110. The lowest BCUT2D eigenvalue weighted by Crippen LogP contribution is -2.54. The van der Waals surface area contributed by atoms with Crippen molar-refractivity contribution < 1.29 is 9.90 Å². The van der Waals surface area contributed by atoms with Crippen LogP contribution in [0.1, 0.15) is 42.7 Å². The number of aromatic hydroxyl groups is 1. The summed E-state index contributed by atoms with van der Waals surface area (Å²) >= 11 is 0. The van der Waals surface area contributed by atoms with Gasteiger partial charge in [0.05, 0.1) is 11.4 Å². The fourth-order valence-corrected chi connectivity index (χ4v) is 5.85. The van der Waals surface area contributed by atoms with Gasteiger partial charge in [-0.1, -0.05) is 55.0 Å². The highest BCUT2D eigenvalue weighted by Crippen LogP contribution is 2.57. The highest BCUT2D eigenvalue weighted by Gasteiger charge is 2.56. The van der Waals surface area contributed by atoms with Gasteiger partial charge < -0.3 is 10.0 Å². The first-order valence-electron chi connectivity index (χ1n) is 11.1. The predicted molar refractivity (Wildman–Crippen MR) is 121 cm³/mol. The largest absolute Gasteiger partial charge is 0.508 e. The summed E-state index contributed by atoms with van der Waals surface area (Å²) in [5.41, 5.74) is 4.92. The van der Waals surface area contributed by atoms with Crippen molar-refractivity contribution >= 4 is 17.2 Å². The minimum absolute atomic E-state index is 0.0198. The van der Waals surface area contributed by atoms with Crippen LogP contribution in [0.15, 0.2) is 89.6 Å². The SMILES string of the molecule is O=C1C=CC2=N[C@]34CCCC[C@H]3[C@@H](c3ccc(O)cc3)C=C(c3ccccc3)N4C2=C1. The molecule has 2 aromatic carbocycles. The lowest BCUT2D eigenvalue weighted by Gasteiger charge is -2.53. The summed E-state index contributed by atoms with van der Waals surface area (Å²) in [6.07, 6.45) is 12.0. The number of carbonyl (C=O) groups is 1. The van der Waals surface area contributed by atoms with Crippen molar-refractivity contribution in [3.63, 3.8) is 0 Å². The maximum atomic E-state index is 12.3. The van der Waals surface area contributed by atoms with Crippen LogP contribution >= 0.6 is 0 Å². The summed E-state index contributed by atoms with van der Waals surface area (Å²) in [7, 11) is 0. The monoisotopic (exact) mass is 408 g/mol. The van der Waals surface area contributed by atoms with Gasteiger partial charge in [-0.2, -0.15) is 0 Å². The Morgan fingerprint density at radius 1 is 0.968 bits per heavy atom. The van der Waals surface area contributed by atoms with Gasteiger partial charge in [0, 0.05) is 23.6 Å². The standard InChI is InChI=1S/C27H24N2O2/c30-20-11-9-18(10-12-20)22-17-25(19-6-2-1-3-7-19)29-26-16-21(31)13-14-24(26)28-27(29)15-5-4-8-23(22)27/h1-3,6-7,9-14,16-17,22-23,30H,4-5,8,15H2/t22-,23+,27+/m1/s1. The number of carbonyl (C=O) groups excluding carboxylic acids is 1. The van der Waals surface area contributed by atoms with Crippen molar-refractivity contribution in [2.75, 3.05) is 0 Å². The van der Waals surface area contributed by atoms with Crippen molar-refractivity contribution in [1.29, 1.82) is 0 Å². The molecule has 2 aliphatic heterocycles. The average molecular weight is 409 g/mol. The van der Waals surface area contributed by atoms with Crippen molar-refractivity contribution in [1.82, 2.24) is 4.90 Å². The summed E-state index contributed by atoms with van der Waals surface area (Å²) in [6, 6.07) is 18.0. The van der Waals surface area contributed by atoms with E-state index >= 15 is 0 Å². The van der Waals surface area contributed by atoms with E-state index < -0.39 is 0 Å². The van der Waals surface area contributed by atoms with Crippen LogP contribution in [0.5, 0.6) is 5.75 Å². The normalized spacial score (nSPS) is 28.8. The van der Waals surface area contributed by atoms with Crippen molar-refractivity contribution in [2.24, 2.45) is 10.9 Å². The topological polar surface area (TPSA) is 52.9 Å². The van der Waals surface area contributed by atoms with Crippen LogP contribution in [0.3, 0.4) is 0 Å². The Hall–Kier alpha value is -3.40. The number of hydrogen-bond acceptors (Lipinski definition) is 4. The molecule has 1 N–H and O–H groups in total. The molecule has 2 aliphatic carbocycles. The van der Waals surface area contributed by atoms with E-state index in [1.54, 1.807) is 24.3 Å². The molecule has 0 unspecified atom stereocenters. The van der Waals surface area contributed by atoms with Gasteiger partial charge >= 0.3 is 0 Å². The van der Waals surface area contributed by atoms with Crippen LogP contribution in [0, 0.1) is 5.92 Å². The summed E-state index contributed by atoms with van der Waals surface area (Å²) in [6.45, 7) is 0. The average Bonchev–Trinajstić information content (AvgIpc) is 3.12. The molecule has 4 heteroatoms. The van der Waals surface area contributed by atoms with Crippen LogP contribution < -0.4 is 0 Å². The molecular weight excluding hydrogens is 384 g/mol. The maximum Gasteiger partial charge on any atom is 0.180 e. The van der Waals surface area contributed by atoms with Gasteiger partial charge in [0.2, 0.25) is 0 Å². The zero-order chi connectivity index (χ0) is 21.0. The van der Waals surface area contributed by atoms with Gasteiger partial charge in [-0.05, 0) is 54.7 Å². The maximum absolute atomic E-state index is 12.3. The van der Waals surface area contributed by atoms with E-state index in [2.05, 4.69) is 35.2 Å². The Bertz CT molecular complexity index is 1170. The molecule has 4 nitrogen and oxygen atoms in total. The first-order chi connectivity index (χ1) is 15.2. The highest BCUT2D eigenvalue weighted by atomic mass is 16.3. The van der Waals surface area contributed by atoms with Gasteiger partial charge in [-0.25, -0.2) is 0 Å². The number of allylic oxidation sites excluding steroid dienone is 4. The Balaban J connectivity index is 1.60. The summed E-state index contributed by atoms with van der Waals surface area (Å²) in [4.78, 5) is 20.0. The minimum Gasteiger partial charge on any atom is -0.508 e. The number of aliphatic imine (C=N–C) groups is 1. The van der Waals surface area contributed by atoms with Crippen LogP contribution in [0.2, 0.25) is 0 Å². The first-order valence-corrected chi connectivity index (χ1v) is 11.1. The minimum atomic E-state index is -0.378. The number of rotatable bonds is 2. The molecule has 1 saturated carbocycles. The molecule has 0 bridgehead atoms. The third kappa shape index (κ3) is 2.74. The van der Waals surface area contributed by atoms with Gasteiger partial charge in [-0.15, -0.1) is 0 Å². The molecule has 4 aliphatic rings. The van der Waals surface area contributed by atoms with Gasteiger partial charge in [0.1, 0.15) is 11.4 Å². The fraction of sp³-hybridized carbons (Fsp3) is 0.259. The Labute approximate surface area is 181 Å². The molecule has 154 valence electrons. The van der Waals surface area contributed by atoms with Crippen LogP contribution in [-0.2, 0) is 4.79 Å². The second-order valence-corrected chi connectivity index (χ2v) is 8.86. The van der Waals surface area contributed by atoms with Gasteiger partial charge in [0.25, 0.3) is 0 Å². The number of phenols is 1. The third-order valence-corrected chi connectivity index (χ3v) is 7.15. The third-order valence-electron chi connectivity index (χ3n) is 7.15. The number of hydrogen-bond donors (Lipinski definition) is 1. The van der Waals surface area contributed by atoms with E-state index in [1.807, 2.05) is 24.3 Å². The van der Waals surface area contributed by atoms with Crippen LogP contribution in [0.25, 0.3) is 5.70 Å². The van der Waals surface area contributed by atoms with E-state index in [0.29, 0.717) is 5.92 Å². The lowest BCUT2D eigenvalue weighted by atomic mass is 9.66. The van der Waals surface area contributed by atoms with Crippen LogP contribution in [0.4, 0.5) is 0 Å². The number of ketones is 1. The Kier molecular flexibility index (Phi) is 4.04. The molecule has 6 rings (SSSR count). The Morgan fingerprint density at radius 2 is 1.77 bits per heavy atom. The summed E-state index contributed by atoms with van der Waals surface area (Å²) in [5, 5.41) is 9.84. The van der Waals surface area contributed by atoms with Crippen molar-refractivity contribution in [3.05, 3.63) is 95.7 Å². The molecular formula is C27H24N2O2. The Morgan fingerprint density at radius 3 is 2.58 bits per heavy atom. The van der Waals surface area contributed by atoms with Crippen molar-refractivity contribution in [2.45, 2.75) is 37.3 Å². The zero-order valence-electron chi connectivity index (χ0n) is 17.2. The smallest absolute Gasteiger partial charge is 0.180 e. The molecule has 2 aromatic rings. The highest BCUT2D eigenvalue weighted by molar-refractivity contribution is 6.21. The van der Waals surface area contributed by atoms with Crippen molar-refractivity contribution in [3.8, 4) is 5.75 Å². The molecule has 0 radical (unpaired) electrons. The molecule has 0 aromatic heterocycles. The number of benzene rings is 2. The molecule has 1 spiro atoms. The fourth-order valence-electron chi connectivity index (χ4n) is 5.85. The van der Waals surface area contributed by atoms with Gasteiger partial charge in [-0.3, -0.25) is 9.79 Å². The second-order valence-electron chi connectivity index (χ2n) is 8.86. The van der Waals surface area contributed by atoms with Gasteiger partial charge in [0.15, 0.2) is 5.78 Å². The second kappa shape index (κ2) is 6.81. The van der Waals surface area contributed by atoms with Crippen LogP contribution in [-0.4, -0.2) is 27.2 Å². The molecule has 1 fully saturated rings. The van der Waals surface area contributed by atoms with E-state index in [9.17, 15) is 9.90 Å². The number of nitrogens with zero attached hydrogens (tertiary/aromatic N) is 2. The molecule has 3 atom stereocenters. The molecule has 0 saturated heterocycles. The molecule has 31 heavy (non-hydrogen) atoms.